The lowest BCUT2D eigenvalue weighted by Crippen LogP contribution is -2.16. The molecule has 1 amide bonds. The molecule has 0 aliphatic carbocycles. The van der Waals surface area contributed by atoms with E-state index in [-0.39, 0.29) is 11.6 Å². The zero-order chi connectivity index (χ0) is 19.4. The topological polar surface area (TPSA) is 59.8 Å². The number of pyridine rings is 1. The van der Waals surface area contributed by atoms with Crippen LogP contribution in [-0.4, -0.2) is 20.7 Å². The second-order valence-electron chi connectivity index (χ2n) is 6.48. The highest BCUT2D eigenvalue weighted by atomic mass is 35.5. The van der Waals surface area contributed by atoms with Gasteiger partial charge >= 0.3 is 0 Å². The highest BCUT2D eigenvalue weighted by Crippen LogP contribution is 2.22. The Bertz CT molecular complexity index is 950. The zero-order valence-electron chi connectivity index (χ0n) is 15.8. The van der Waals surface area contributed by atoms with Crippen LogP contribution in [0.25, 0.3) is 5.82 Å². The van der Waals surface area contributed by atoms with E-state index in [4.69, 9.17) is 11.6 Å². The summed E-state index contributed by atoms with van der Waals surface area (Å²) in [6.45, 7) is 6.21. The molecule has 1 aromatic carbocycles. The molecule has 1 N–H and O–H groups in total. The SMILES string of the molecule is CCCCc1c(C)nn(-c2ccc(Cl)c(C(=O)Nc3ccccc3)n2)c1C. The summed E-state index contributed by atoms with van der Waals surface area (Å²) in [5, 5.41) is 7.75. The average Bonchev–Trinajstić information content (AvgIpc) is 2.95. The summed E-state index contributed by atoms with van der Waals surface area (Å²) in [6, 6.07) is 12.7. The van der Waals surface area contributed by atoms with E-state index in [0.717, 1.165) is 30.7 Å². The molecular weight excluding hydrogens is 360 g/mol. The van der Waals surface area contributed by atoms with E-state index >= 15 is 0 Å². The summed E-state index contributed by atoms with van der Waals surface area (Å²) in [4.78, 5) is 17.1. The monoisotopic (exact) mass is 382 g/mol. The Balaban J connectivity index is 1.93. The summed E-state index contributed by atoms with van der Waals surface area (Å²) in [7, 11) is 0. The summed E-state index contributed by atoms with van der Waals surface area (Å²) in [5.74, 6) is 0.238. The van der Waals surface area contributed by atoms with Gasteiger partial charge in [-0.25, -0.2) is 9.67 Å². The van der Waals surface area contributed by atoms with E-state index in [9.17, 15) is 4.79 Å². The van der Waals surface area contributed by atoms with Gasteiger partial charge in [0, 0.05) is 11.4 Å². The highest BCUT2D eigenvalue weighted by Gasteiger charge is 2.17. The smallest absolute Gasteiger partial charge is 0.275 e. The van der Waals surface area contributed by atoms with Crippen LogP contribution in [0, 0.1) is 13.8 Å². The van der Waals surface area contributed by atoms with Crippen LogP contribution >= 0.6 is 11.6 Å². The lowest BCUT2D eigenvalue weighted by atomic mass is 10.1. The second-order valence-corrected chi connectivity index (χ2v) is 6.89. The fraction of sp³-hybridized carbons (Fsp3) is 0.286. The number of carbonyl (C=O) groups is 1. The third kappa shape index (κ3) is 4.19. The van der Waals surface area contributed by atoms with Crippen molar-refractivity contribution in [3.63, 3.8) is 0 Å². The van der Waals surface area contributed by atoms with Crippen molar-refractivity contribution < 1.29 is 4.79 Å². The molecule has 5 nitrogen and oxygen atoms in total. The molecule has 0 aliphatic heterocycles. The van der Waals surface area contributed by atoms with Gasteiger partial charge in [-0.1, -0.05) is 43.1 Å². The van der Waals surface area contributed by atoms with Gasteiger partial charge in [0.2, 0.25) is 0 Å². The molecule has 0 bridgehead atoms. The van der Waals surface area contributed by atoms with Gasteiger partial charge in [-0.3, -0.25) is 4.79 Å². The van der Waals surface area contributed by atoms with Gasteiger partial charge < -0.3 is 5.32 Å². The standard InChI is InChI=1S/C21H23ClN4O/c1-4-5-11-17-14(2)25-26(15(17)3)19-13-12-18(22)20(24-19)21(27)23-16-9-7-6-8-10-16/h6-10,12-13H,4-5,11H2,1-3H3,(H,23,27). The first-order valence-electron chi connectivity index (χ1n) is 9.09. The Hall–Kier alpha value is -2.66. The number of carbonyl (C=O) groups excluding carboxylic acids is 1. The van der Waals surface area contributed by atoms with E-state index in [1.807, 2.05) is 44.2 Å². The summed E-state index contributed by atoms with van der Waals surface area (Å²) in [5.41, 5.74) is 4.15. The largest absolute Gasteiger partial charge is 0.321 e. The molecule has 2 aromatic heterocycles. The number of hydrogen-bond acceptors (Lipinski definition) is 3. The van der Waals surface area contributed by atoms with Crippen LogP contribution in [0.1, 0.15) is 47.2 Å². The van der Waals surface area contributed by atoms with Gasteiger partial charge in [0.1, 0.15) is 5.69 Å². The fourth-order valence-corrected chi connectivity index (χ4v) is 3.23. The van der Waals surface area contributed by atoms with Crippen LogP contribution in [-0.2, 0) is 6.42 Å². The lowest BCUT2D eigenvalue weighted by Gasteiger charge is -2.09. The molecule has 2 heterocycles. The van der Waals surface area contributed by atoms with Crippen molar-refractivity contribution in [1.29, 1.82) is 0 Å². The third-order valence-electron chi connectivity index (χ3n) is 4.52. The van der Waals surface area contributed by atoms with Crippen LogP contribution in [0.3, 0.4) is 0 Å². The Morgan fingerprint density at radius 1 is 1.15 bits per heavy atom. The predicted molar refractivity (Wildman–Crippen MR) is 109 cm³/mol. The number of anilines is 1. The molecule has 0 saturated heterocycles. The Morgan fingerprint density at radius 3 is 2.59 bits per heavy atom. The molecule has 0 aliphatic rings. The predicted octanol–water partition coefficient (Wildman–Crippen LogP) is 5.13. The maximum Gasteiger partial charge on any atom is 0.275 e. The Morgan fingerprint density at radius 2 is 1.89 bits per heavy atom. The van der Waals surface area contributed by atoms with E-state index in [1.165, 1.54) is 5.56 Å². The molecule has 0 saturated carbocycles. The van der Waals surface area contributed by atoms with Gasteiger partial charge in [-0.15, -0.1) is 0 Å². The van der Waals surface area contributed by atoms with E-state index in [0.29, 0.717) is 16.5 Å². The number of rotatable bonds is 6. The first kappa shape index (κ1) is 19.1. The van der Waals surface area contributed by atoms with Gasteiger partial charge in [0.25, 0.3) is 5.91 Å². The number of para-hydroxylation sites is 1. The number of amides is 1. The summed E-state index contributed by atoms with van der Waals surface area (Å²) >= 11 is 6.24. The highest BCUT2D eigenvalue weighted by molar-refractivity contribution is 6.34. The zero-order valence-corrected chi connectivity index (χ0v) is 16.5. The molecule has 3 rings (SSSR count). The fourth-order valence-electron chi connectivity index (χ4n) is 3.03. The third-order valence-corrected chi connectivity index (χ3v) is 4.82. The number of unbranched alkanes of at least 4 members (excludes halogenated alkanes) is 1. The molecule has 140 valence electrons. The van der Waals surface area contributed by atoms with E-state index < -0.39 is 0 Å². The molecular formula is C21H23ClN4O. The van der Waals surface area contributed by atoms with Crippen molar-refractivity contribution in [2.45, 2.75) is 40.0 Å². The second kappa shape index (κ2) is 8.35. The van der Waals surface area contributed by atoms with E-state index in [2.05, 4.69) is 22.3 Å². The van der Waals surface area contributed by atoms with Crippen molar-refractivity contribution in [2.24, 2.45) is 0 Å². The minimum atomic E-state index is -0.346. The quantitative estimate of drug-likeness (QED) is 0.642. The minimum Gasteiger partial charge on any atom is -0.321 e. The van der Waals surface area contributed by atoms with Gasteiger partial charge in [-0.05, 0) is 56.5 Å². The number of benzene rings is 1. The Labute approximate surface area is 164 Å². The molecule has 0 spiro atoms. The van der Waals surface area contributed by atoms with Crippen molar-refractivity contribution in [1.82, 2.24) is 14.8 Å². The first-order valence-corrected chi connectivity index (χ1v) is 9.47. The summed E-state index contributed by atoms with van der Waals surface area (Å²) in [6.07, 6.45) is 3.24. The van der Waals surface area contributed by atoms with Gasteiger partial charge in [0.15, 0.2) is 5.82 Å². The maximum absolute atomic E-state index is 12.6. The minimum absolute atomic E-state index is 0.181. The molecule has 0 fully saturated rings. The molecule has 27 heavy (non-hydrogen) atoms. The van der Waals surface area contributed by atoms with Crippen LogP contribution in [0.5, 0.6) is 0 Å². The number of aryl methyl sites for hydroxylation is 1. The maximum atomic E-state index is 12.6. The number of hydrogen-bond donors (Lipinski definition) is 1. The van der Waals surface area contributed by atoms with Crippen LogP contribution < -0.4 is 5.32 Å². The van der Waals surface area contributed by atoms with Gasteiger partial charge in [-0.2, -0.15) is 5.10 Å². The number of nitrogens with zero attached hydrogens (tertiary/aromatic N) is 3. The van der Waals surface area contributed by atoms with Gasteiger partial charge in [0.05, 0.1) is 10.7 Å². The molecule has 0 unspecified atom stereocenters. The Kier molecular flexibility index (Phi) is 5.91. The van der Waals surface area contributed by atoms with Crippen LogP contribution in [0.15, 0.2) is 42.5 Å². The molecule has 6 heteroatoms. The summed E-state index contributed by atoms with van der Waals surface area (Å²) < 4.78 is 1.79. The average molecular weight is 383 g/mol. The van der Waals surface area contributed by atoms with Crippen molar-refractivity contribution in [3.05, 3.63) is 70.1 Å². The lowest BCUT2D eigenvalue weighted by molar-refractivity contribution is 0.102. The number of halogens is 1. The normalized spacial score (nSPS) is 10.8. The van der Waals surface area contributed by atoms with Crippen molar-refractivity contribution in [3.8, 4) is 5.82 Å². The van der Waals surface area contributed by atoms with Crippen molar-refractivity contribution in [2.75, 3.05) is 5.32 Å². The molecule has 0 atom stereocenters. The van der Waals surface area contributed by atoms with Crippen LogP contribution in [0.4, 0.5) is 5.69 Å². The van der Waals surface area contributed by atoms with Crippen molar-refractivity contribution >= 4 is 23.2 Å². The molecule has 3 aromatic rings. The first-order chi connectivity index (χ1) is 13.0. The van der Waals surface area contributed by atoms with E-state index in [1.54, 1.807) is 16.8 Å². The molecule has 0 radical (unpaired) electrons. The number of nitrogens with one attached hydrogen (secondary N) is 1. The van der Waals surface area contributed by atoms with Crippen LogP contribution in [0.2, 0.25) is 5.02 Å². The number of aromatic nitrogens is 3.